The number of piperazine rings is 1. The van der Waals surface area contributed by atoms with Crippen molar-refractivity contribution in [1.29, 1.82) is 0 Å². The lowest BCUT2D eigenvalue weighted by molar-refractivity contribution is -0.384. The van der Waals surface area contributed by atoms with E-state index in [-0.39, 0.29) is 11.6 Å². The molecule has 26 heavy (non-hydrogen) atoms. The fraction of sp³-hybridized carbons (Fsp3) is 0.444. The number of nitro groups is 1. The molecule has 0 saturated carbocycles. The molecule has 2 aromatic rings. The zero-order valence-electron chi connectivity index (χ0n) is 15.1. The van der Waals surface area contributed by atoms with E-state index >= 15 is 0 Å². The number of carbonyl (C=O) groups is 1. The zero-order valence-corrected chi connectivity index (χ0v) is 15.1. The molecule has 0 unspecified atom stereocenters. The Bertz CT molecular complexity index is 792. The molecule has 8 heteroatoms. The first-order valence-corrected chi connectivity index (χ1v) is 8.77. The number of amides is 1. The van der Waals surface area contributed by atoms with Gasteiger partial charge >= 0.3 is 0 Å². The molecule has 0 radical (unpaired) electrons. The van der Waals surface area contributed by atoms with Crippen molar-refractivity contribution in [2.24, 2.45) is 0 Å². The lowest BCUT2D eigenvalue weighted by Crippen LogP contribution is -2.48. The summed E-state index contributed by atoms with van der Waals surface area (Å²) in [6, 6.07) is 5.79. The molecule has 0 atom stereocenters. The van der Waals surface area contributed by atoms with Crippen LogP contribution in [-0.4, -0.2) is 56.6 Å². The van der Waals surface area contributed by atoms with E-state index in [9.17, 15) is 14.9 Å². The van der Waals surface area contributed by atoms with Crippen LogP contribution in [0.3, 0.4) is 0 Å². The van der Waals surface area contributed by atoms with Crippen LogP contribution in [0.1, 0.15) is 28.5 Å². The summed E-state index contributed by atoms with van der Waals surface area (Å²) in [6.45, 7) is 8.76. The van der Waals surface area contributed by atoms with E-state index in [1.54, 1.807) is 4.90 Å². The zero-order chi connectivity index (χ0) is 18.7. The number of benzene rings is 1. The van der Waals surface area contributed by atoms with Crippen LogP contribution < -0.4 is 0 Å². The van der Waals surface area contributed by atoms with Gasteiger partial charge in [-0.25, -0.2) is 0 Å². The smallest absolute Gasteiger partial charge is 0.269 e. The van der Waals surface area contributed by atoms with Crippen LogP contribution >= 0.6 is 0 Å². The lowest BCUT2D eigenvalue weighted by Gasteiger charge is -2.34. The fourth-order valence-corrected chi connectivity index (χ4v) is 3.22. The van der Waals surface area contributed by atoms with Crippen molar-refractivity contribution in [2.45, 2.75) is 26.9 Å². The van der Waals surface area contributed by atoms with Crippen molar-refractivity contribution in [3.63, 3.8) is 0 Å². The molecule has 3 rings (SSSR count). The third-order valence-corrected chi connectivity index (χ3v) is 4.88. The summed E-state index contributed by atoms with van der Waals surface area (Å²) in [5.74, 6) is -0.0745. The molecule has 1 aromatic carbocycles. The van der Waals surface area contributed by atoms with Gasteiger partial charge in [0.25, 0.3) is 11.6 Å². The average molecular weight is 357 g/mol. The van der Waals surface area contributed by atoms with E-state index in [1.807, 2.05) is 10.9 Å². The number of nitrogens with zero attached hydrogens (tertiary/aromatic N) is 5. The second kappa shape index (κ2) is 7.65. The molecule has 1 fully saturated rings. The number of carbonyl (C=O) groups excluding carboxylic acids is 1. The van der Waals surface area contributed by atoms with Crippen molar-refractivity contribution in [3.8, 4) is 0 Å². The van der Waals surface area contributed by atoms with Gasteiger partial charge in [-0.2, -0.15) is 5.10 Å². The summed E-state index contributed by atoms with van der Waals surface area (Å²) in [5.41, 5.74) is 2.90. The monoisotopic (exact) mass is 357 g/mol. The highest BCUT2D eigenvalue weighted by atomic mass is 16.6. The van der Waals surface area contributed by atoms with E-state index in [0.717, 1.165) is 26.2 Å². The van der Waals surface area contributed by atoms with Gasteiger partial charge in [0.1, 0.15) is 0 Å². The first-order valence-electron chi connectivity index (χ1n) is 8.77. The van der Waals surface area contributed by atoms with Gasteiger partial charge in [0.15, 0.2) is 0 Å². The molecule has 0 aliphatic carbocycles. The summed E-state index contributed by atoms with van der Waals surface area (Å²) < 4.78 is 1.99. The minimum atomic E-state index is -0.463. The fourth-order valence-electron chi connectivity index (χ4n) is 3.22. The second-order valence-corrected chi connectivity index (χ2v) is 6.44. The highest BCUT2D eigenvalue weighted by Crippen LogP contribution is 2.16. The summed E-state index contributed by atoms with van der Waals surface area (Å²) in [6.07, 6.45) is 1.92. The predicted octanol–water partition coefficient (Wildman–Crippen LogP) is 2.08. The number of non-ortho nitro benzene ring substituents is 1. The molecule has 0 N–H and O–H groups in total. The third-order valence-electron chi connectivity index (χ3n) is 4.88. The molecule has 2 heterocycles. The van der Waals surface area contributed by atoms with Crippen molar-refractivity contribution < 1.29 is 9.72 Å². The quantitative estimate of drug-likeness (QED) is 0.604. The molecular weight excluding hydrogens is 334 g/mol. The highest BCUT2D eigenvalue weighted by Gasteiger charge is 2.23. The number of rotatable bonds is 5. The Labute approximate surface area is 152 Å². The van der Waals surface area contributed by atoms with Crippen LogP contribution in [0.2, 0.25) is 0 Å². The molecule has 1 aromatic heterocycles. The lowest BCUT2D eigenvalue weighted by atomic mass is 10.1. The number of aryl methyl sites for hydroxylation is 1. The summed E-state index contributed by atoms with van der Waals surface area (Å²) in [4.78, 5) is 26.9. The Balaban J connectivity index is 1.56. The molecule has 0 spiro atoms. The van der Waals surface area contributed by atoms with Crippen molar-refractivity contribution in [2.75, 3.05) is 26.2 Å². The number of hydrogen-bond donors (Lipinski definition) is 0. The Hall–Kier alpha value is -2.74. The number of nitro benzene ring substituents is 1. The Morgan fingerprint density at radius 2 is 1.85 bits per heavy atom. The first kappa shape index (κ1) is 18.1. The Kier molecular flexibility index (Phi) is 5.32. The van der Waals surface area contributed by atoms with E-state index < -0.39 is 4.92 Å². The Morgan fingerprint density at radius 3 is 2.38 bits per heavy atom. The van der Waals surface area contributed by atoms with E-state index in [1.165, 1.54) is 35.5 Å². The molecule has 8 nitrogen and oxygen atoms in total. The summed E-state index contributed by atoms with van der Waals surface area (Å²) >= 11 is 0. The van der Waals surface area contributed by atoms with Crippen LogP contribution in [0, 0.1) is 17.0 Å². The van der Waals surface area contributed by atoms with Gasteiger partial charge in [0.05, 0.1) is 11.1 Å². The maximum absolute atomic E-state index is 12.6. The largest absolute Gasteiger partial charge is 0.336 e. The molecule has 0 bridgehead atoms. The third kappa shape index (κ3) is 3.75. The van der Waals surface area contributed by atoms with E-state index in [4.69, 9.17) is 0 Å². The topological polar surface area (TPSA) is 84.5 Å². The second-order valence-electron chi connectivity index (χ2n) is 6.44. The van der Waals surface area contributed by atoms with Gasteiger partial charge in [-0.05, 0) is 26.0 Å². The standard InChI is InChI=1S/C18H23N5O3/c1-3-22-14(2)16(12-19-22)13-20-8-10-21(11-9-20)18(24)15-4-6-17(7-5-15)23(25)26/h4-7,12H,3,8-11,13H2,1-2H3. The van der Waals surface area contributed by atoms with Crippen LogP contribution in [-0.2, 0) is 13.1 Å². The van der Waals surface area contributed by atoms with Crippen molar-refractivity contribution >= 4 is 11.6 Å². The van der Waals surface area contributed by atoms with Crippen LogP contribution in [0.15, 0.2) is 30.5 Å². The highest BCUT2D eigenvalue weighted by molar-refractivity contribution is 5.94. The van der Waals surface area contributed by atoms with Gasteiger partial charge in [0.2, 0.25) is 0 Å². The molecule has 138 valence electrons. The maximum atomic E-state index is 12.6. The number of aromatic nitrogens is 2. The molecule has 1 amide bonds. The maximum Gasteiger partial charge on any atom is 0.269 e. The molecule has 1 saturated heterocycles. The van der Waals surface area contributed by atoms with Crippen molar-refractivity contribution in [1.82, 2.24) is 19.6 Å². The summed E-state index contributed by atoms with van der Waals surface area (Å²) in [7, 11) is 0. The number of hydrogen-bond acceptors (Lipinski definition) is 5. The SMILES string of the molecule is CCn1ncc(CN2CCN(C(=O)c3ccc([N+](=O)[O-])cc3)CC2)c1C. The van der Waals surface area contributed by atoms with E-state index in [2.05, 4.69) is 23.8 Å². The van der Waals surface area contributed by atoms with Gasteiger partial charge in [-0.1, -0.05) is 0 Å². The minimum Gasteiger partial charge on any atom is -0.336 e. The van der Waals surface area contributed by atoms with Gasteiger partial charge in [-0.3, -0.25) is 24.5 Å². The van der Waals surface area contributed by atoms with Crippen LogP contribution in [0.4, 0.5) is 5.69 Å². The Morgan fingerprint density at radius 1 is 1.19 bits per heavy atom. The van der Waals surface area contributed by atoms with Gasteiger partial charge in [-0.15, -0.1) is 0 Å². The predicted molar refractivity (Wildman–Crippen MR) is 96.9 cm³/mol. The first-order chi connectivity index (χ1) is 12.5. The molecular formula is C18H23N5O3. The summed E-state index contributed by atoms with van der Waals surface area (Å²) in [5, 5.41) is 15.1. The molecule has 1 aliphatic heterocycles. The molecule has 1 aliphatic rings. The minimum absolute atomic E-state index is 0.00522. The normalized spacial score (nSPS) is 15.2. The van der Waals surface area contributed by atoms with E-state index in [0.29, 0.717) is 18.7 Å². The van der Waals surface area contributed by atoms with Gasteiger partial charge < -0.3 is 4.90 Å². The van der Waals surface area contributed by atoms with Crippen molar-refractivity contribution in [3.05, 3.63) is 57.4 Å². The van der Waals surface area contributed by atoms with Crippen LogP contribution in [0.5, 0.6) is 0 Å². The van der Waals surface area contributed by atoms with Gasteiger partial charge in [0, 0.05) is 68.2 Å². The average Bonchev–Trinajstić information content (AvgIpc) is 3.01. The van der Waals surface area contributed by atoms with Crippen LogP contribution in [0.25, 0.3) is 0 Å².